The molecule has 0 aromatic rings. The zero-order valence-corrected chi connectivity index (χ0v) is 9.54. The number of aliphatic hydroxyl groups excluding tert-OH is 1. The van der Waals surface area contributed by atoms with Gasteiger partial charge in [0.15, 0.2) is 0 Å². The van der Waals surface area contributed by atoms with Crippen LogP contribution in [0.15, 0.2) is 0 Å². The summed E-state index contributed by atoms with van der Waals surface area (Å²) in [6.07, 6.45) is 0.560. The fourth-order valence-electron chi connectivity index (χ4n) is 4.64. The Bertz CT molecular complexity index is 369. The summed E-state index contributed by atoms with van der Waals surface area (Å²) >= 11 is 0. The molecule has 0 unspecified atom stereocenters. The van der Waals surface area contributed by atoms with Gasteiger partial charge in [-0.05, 0) is 32.1 Å². The third kappa shape index (κ3) is 0.778. The van der Waals surface area contributed by atoms with Crippen molar-refractivity contribution >= 4 is 5.91 Å². The SMILES string of the molecule is CC(C)N1C(=O)[C@@H]2[C@H]3C[C@H]4[C@H](O[C@@H]1[C@H]42)[C@H]3O. The number of hydrogen-bond donors (Lipinski definition) is 1. The lowest BCUT2D eigenvalue weighted by molar-refractivity contribution is -0.154. The predicted molar refractivity (Wildman–Crippen MR) is 55.2 cm³/mol. The molecule has 0 radical (unpaired) electrons. The molecule has 4 rings (SSSR count). The molecule has 2 aliphatic heterocycles. The minimum atomic E-state index is -0.394. The van der Waals surface area contributed by atoms with E-state index in [1.165, 1.54) is 0 Å². The number of carbonyl (C=O) groups excluding carboxylic acids is 1. The van der Waals surface area contributed by atoms with E-state index in [0.717, 1.165) is 6.42 Å². The number of nitrogens with zero attached hydrogens (tertiary/aromatic N) is 1. The first-order valence-corrected chi connectivity index (χ1v) is 6.27. The topological polar surface area (TPSA) is 49.8 Å². The number of likely N-dealkylation sites (tertiary alicyclic amines) is 1. The molecule has 2 saturated carbocycles. The Morgan fingerprint density at radius 3 is 2.88 bits per heavy atom. The first-order chi connectivity index (χ1) is 7.61. The summed E-state index contributed by atoms with van der Waals surface area (Å²) in [6, 6.07) is 0.207. The standard InChI is InChI=1S/C12H17NO3/c1-4(2)13-11(15)7-5-3-6-8(7)12(13)16-10(6)9(5)14/h4-10,12,14H,3H2,1-2H3/t5-,6-,7-,8-,9+,10+,12-/m1/s1. The molecule has 1 N–H and O–H groups in total. The highest BCUT2D eigenvalue weighted by Gasteiger charge is 2.72. The molecule has 4 nitrogen and oxygen atoms in total. The van der Waals surface area contributed by atoms with Gasteiger partial charge in [0.25, 0.3) is 0 Å². The van der Waals surface area contributed by atoms with Crippen molar-refractivity contribution in [1.82, 2.24) is 4.90 Å². The van der Waals surface area contributed by atoms with Crippen molar-refractivity contribution in [1.29, 1.82) is 0 Å². The summed E-state index contributed by atoms with van der Waals surface area (Å²) in [5.41, 5.74) is 0. The molecule has 16 heavy (non-hydrogen) atoms. The maximum Gasteiger partial charge on any atom is 0.228 e. The molecule has 0 spiro atoms. The van der Waals surface area contributed by atoms with E-state index in [2.05, 4.69) is 0 Å². The van der Waals surface area contributed by atoms with Gasteiger partial charge in [0, 0.05) is 12.0 Å². The summed E-state index contributed by atoms with van der Waals surface area (Å²) in [5.74, 6) is 1.23. The third-order valence-electron chi connectivity index (χ3n) is 5.11. The molecule has 4 aliphatic rings. The van der Waals surface area contributed by atoms with Crippen LogP contribution in [0.3, 0.4) is 0 Å². The molecule has 2 saturated heterocycles. The van der Waals surface area contributed by atoms with Crippen molar-refractivity contribution in [3.05, 3.63) is 0 Å². The van der Waals surface area contributed by atoms with Crippen LogP contribution in [-0.2, 0) is 9.53 Å². The molecule has 2 heterocycles. The van der Waals surface area contributed by atoms with Crippen LogP contribution in [0.1, 0.15) is 20.3 Å². The van der Waals surface area contributed by atoms with E-state index in [1.807, 2.05) is 18.7 Å². The van der Waals surface area contributed by atoms with E-state index in [1.54, 1.807) is 0 Å². The Kier molecular flexibility index (Phi) is 1.54. The van der Waals surface area contributed by atoms with Crippen LogP contribution >= 0.6 is 0 Å². The normalized spacial score (nSPS) is 57.1. The van der Waals surface area contributed by atoms with Gasteiger partial charge >= 0.3 is 0 Å². The van der Waals surface area contributed by atoms with Crippen molar-refractivity contribution in [3.8, 4) is 0 Å². The van der Waals surface area contributed by atoms with Gasteiger partial charge in [-0.2, -0.15) is 0 Å². The van der Waals surface area contributed by atoms with E-state index < -0.39 is 6.10 Å². The second-order valence-corrected chi connectivity index (χ2v) is 5.99. The number of rotatable bonds is 1. The number of amides is 1. The second-order valence-electron chi connectivity index (χ2n) is 5.99. The summed E-state index contributed by atoms with van der Waals surface area (Å²) in [7, 11) is 0. The van der Waals surface area contributed by atoms with Gasteiger partial charge in [0.1, 0.15) is 6.23 Å². The van der Waals surface area contributed by atoms with Crippen LogP contribution < -0.4 is 0 Å². The smallest absolute Gasteiger partial charge is 0.228 e. The molecule has 4 heteroatoms. The quantitative estimate of drug-likeness (QED) is 0.691. The second kappa shape index (κ2) is 2.62. The minimum absolute atomic E-state index is 0.00519. The van der Waals surface area contributed by atoms with Crippen LogP contribution in [0.4, 0.5) is 0 Å². The first kappa shape index (κ1) is 9.42. The van der Waals surface area contributed by atoms with Crippen LogP contribution in [0.2, 0.25) is 0 Å². The number of fused-ring (bicyclic) bond motifs is 2. The molecule has 2 aliphatic carbocycles. The van der Waals surface area contributed by atoms with E-state index in [9.17, 15) is 9.90 Å². The van der Waals surface area contributed by atoms with Gasteiger partial charge in [-0.15, -0.1) is 0 Å². The molecule has 0 aromatic heterocycles. The van der Waals surface area contributed by atoms with Crippen LogP contribution in [0, 0.1) is 23.7 Å². The fourth-order valence-corrected chi connectivity index (χ4v) is 4.64. The molecular weight excluding hydrogens is 206 g/mol. The van der Waals surface area contributed by atoms with Crippen molar-refractivity contribution in [2.45, 2.75) is 44.7 Å². The molecule has 1 amide bonds. The highest BCUT2D eigenvalue weighted by molar-refractivity contribution is 5.83. The van der Waals surface area contributed by atoms with Gasteiger partial charge in [0.05, 0.1) is 18.1 Å². The van der Waals surface area contributed by atoms with E-state index >= 15 is 0 Å². The van der Waals surface area contributed by atoms with Gasteiger partial charge in [-0.25, -0.2) is 0 Å². The molecule has 0 aromatic carbocycles. The highest BCUT2D eigenvalue weighted by atomic mass is 16.5. The Morgan fingerprint density at radius 2 is 2.19 bits per heavy atom. The average molecular weight is 223 g/mol. The summed E-state index contributed by atoms with van der Waals surface area (Å²) < 4.78 is 5.94. The van der Waals surface area contributed by atoms with E-state index in [-0.39, 0.29) is 36.1 Å². The van der Waals surface area contributed by atoms with Crippen LogP contribution in [0.25, 0.3) is 0 Å². The lowest BCUT2D eigenvalue weighted by atomic mass is 9.80. The lowest BCUT2D eigenvalue weighted by Gasteiger charge is -2.32. The Hall–Kier alpha value is -0.610. The predicted octanol–water partition coefficient (Wildman–Crippen LogP) is 0.205. The monoisotopic (exact) mass is 223 g/mol. The number of hydrogen-bond acceptors (Lipinski definition) is 3. The largest absolute Gasteiger partial charge is 0.390 e. The molecule has 88 valence electrons. The Labute approximate surface area is 94.6 Å². The summed E-state index contributed by atoms with van der Waals surface area (Å²) in [6.45, 7) is 4.08. The number of ether oxygens (including phenoxy) is 1. The van der Waals surface area contributed by atoms with Gasteiger partial charge in [-0.3, -0.25) is 4.79 Å². The van der Waals surface area contributed by atoms with Crippen LogP contribution in [0.5, 0.6) is 0 Å². The molecule has 4 fully saturated rings. The minimum Gasteiger partial charge on any atom is -0.390 e. The summed E-state index contributed by atoms with van der Waals surface area (Å²) in [5, 5.41) is 10.1. The highest BCUT2D eigenvalue weighted by Crippen LogP contribution is 2.63. The molecule has 7 atom stereocenters. The van der Waals surface area contributed by atoms with Gasteiger partial charge in [-0.1, -0.05) is 0 Å². The number of aliphatic hydroxyl groups is 1. The van der Waals surface area contributed by atoms with Crippen molar-refractivity contribution < 1.29 is 14.6 Å². The van der Waals surface area contributed by atoms with Crippen molar-refractivity contribution in [2.24, 2.45) is 23.7 Å². The summed E-state index contributed by atoms with van der Waals surface area (Å²) in [4.78, 5) is 14.2. The zero-order valence-electron chi connectivity index (χ0n) is 9.54. The van der Waals surface area contributed by atoms with Crippen molar-refractivity contribution in [3.63, 3.8) is 0 Å². The maximum absolute atomic E-state index is 12.3. The number of carbonyl (C=O) groups is 1. The molecule has 2 bridgehead atoms. The van der Waals surface area contributed by atoms with Crippen molar-refractivity contribution in [2.75, 3.05) is 0 Å². The molecular formula is C12H17NO3. The van der Waals surface area contributed by atoms with Gasteiger partial charge < -0.3 is 14.7 Å². The van der Waals surface area contributed by atoms with E-state index in [4.69, 9.17) is 4.74 Å². The third-order valence-corrected chi connectivity index (χ3v) is 5.11. The Morgan fingerprint density at radius 1 is 1.44 bits per heavy atom. The van der Waals surface area contributed by atoms with Gasteiger partial charge in [0.2, 0.25) is 5.91 Å². The fraction of sp³-hybridized carbons (Fsp3) is 0.917. The maximum atomic E-state index is 12.3. The zero-order chi connectivity index (χ0) is 11.2. The average Bonchev–Trinajstić information content (AvgIpc) is 2.83. The first-order valence-electron chi connectivity index (χ1n) is 6.27. The lowest BCUT2D eigenvalue weighted by Crippen LogP contribution is -2.46. The Balaban J connectivity index is 1.80. The van der Waals surface area contributed by atoms with E-state index in [0.29, 0.717) is 11.8 Å². The van der Waals surface area contributed by atoms with Crippen LogP contribution in [-0.4, -0.2) is 40.4 Å².